The highest BCUT2D eigenvalue weighted by atomic mass is 16.6. The fraction of sp³-hybridized carbons (Fsp3) is 0.467. The van der Waals surface area contributed by atoms with E-state index in [1.165, 1.54) is 11.3 Å². The monoisotopic (exact) mass is 533 g/mol. The van der Waals surface area contributed by atoms with Gasteiger partial charge in [0.15, 0.2) is 0 Å². The number of carbonyl (C=O) groups is 2. The maximum Gasteiger partial charge on any atom is 0.414 e. The minimum absolute atomic E-state index is 0.0316. The van der Waals surface area contributed by atoms with Crippen molar-refractivity contribution in [2.45, 2.75) is 40.3 Å². The second-order valence-electron chi connectivity index (χ2n) is 10.4. The van der Waals surface area contributed by atoms with Crippen LogP contribution in [-0.2, 0) is 17.8 Å². The number of para-hydroxylation sites is 1. The van der Waals surface area contributed by atoms with Gasteiger partial charge in [0.2, 0.25) is 0 Å². The zero-order valence-corrected chi connectivity index (χ0v) is 23.2. The number of aryl methyl sites for hydroxylation is 2. The summed E-state index contributed by atoms with van der Waals surface area (Å²) in [7, 11) is 0. The number of cyclic esters (lactones) is 1. The van der Waals surface area contributed by atoms with Crippen molar-refractivity contribution < 1.29 is 19.4 Å². The van der Waals surface area contributed by atoms with Crippen molar-refractivity contribution >= 4 is 34.3 Å². The smallest absolute Gasteiger partial charge is 0.414 e. The van der Waals surface area contributed by atoms with Gasteiger partial charge in [-0.3, -0.25) is 14.6 Å². The molecule has 0 atom stereocenters. The third-order valence-electron chi connectivity index (χ3n) is 8.01. The van der Waals surface area contributed by atoms with Gasteiger partial charge in [-0.25, -0.2) is 4.79 Å². The molecule has 2 fully saturated rings. The molecule has 0 spiro atoms. The number of nitrogens with one attached hydrogen (secondary N) is 1. The van der Waals surface area contributed by atoms with Crippen molar-refractivity contribution in [3.8, 4) is 0 Å². The number of hydrogen-bond acceptors (Lipinski definition) is 6. The van der Waals surface area contributed by atoms with Gasteiger partial charge in [0.1, 0.15) is 6.61 Å². The van der Waals surface area contributed by atoms with E-state index in [4.69, 9.17) is 4.74 Å². The first-order valence-electron chi connectivity index (χ1n) is 13.9. The predicted molar refractivity (Wildman–Crippen MR) is 154 cm³/mol. The summed E-state index contributed by atoms with van der Waals surface area (Å²) < 4.78 is 7.53. The first-order valence-corrected chi connectivity index (χ1v) is 13.9. The number of aliphatic hydroxyl groups excluding tert-OH is 1. The van der Waals surface area contributed by atoms with Crippen LogP contribution in [0.2, 0.25) is 0 Å². The highest BCUT2D eigenvalue weighted by Gasteiger charge is 2.27. The average molecular weight is 534 g/mol. The average Bonchev–Trinajstić information content (AvgIpc) is 3.48. The van der Waals surface area contributed by atoms with Gasteiger partial charge in [0.05, 0.1) is 30.0 Å². The van der Waals surface area contributed by atoms with Gasteiger partial charge >= 0.3 is 6.09 Å². The SMILES string of the molecule is CCCn1c(C)c(C)c2cc(C(=O)N3CCN(CCO)CC3)cc(NCc3ccccc3N3CCOC3=O)c21. The van der Waals surface area contributed by atoms with Gasteiger partial charge in [0, 0.05) is 62.5 Å². The van der Waals surface area contributed by atoms with E-state index < -0.39 is 0 Å². The molecule has 2 aliphatic rings. The number of rotatable bonds is 9. The Balaban J connectivity index is 1.49. The molecule has 0 saturated carbocycles. The van der Waals surface area contributed by atoms with Crippen molar-refractivity contribution in [1.82, 2.24) is 14.4 Å². The molecule has 0 bridgehead atoms. The van der Waals surface area contributed by atoms with E-state index in [0.717, 1.165) is 53.9 Å². The number of piperazine rings is 1. The van der Waals surface area contributed by atoms with Crippen LogP contribution in [-0.4, -0.2) is 84.0 Å². The van der Waals surface area contributed by atoms with Crippen LogP contribution in [0.4, 0.5) is 16.2 Å². The predicted octanol–water partition coefficient (Wildman–Crippen LogP) is 3.99. The van der Waals surface area contributed by atoms with E-state index in [9.17, 15) is 14.7 Å². The lowest BCUT2D eigenvalue weighted by Gasteiger charge is -2.34. The summed E-state index contributed by atoms with van der Waals surface area (Å²) in [5.41, 5.74) is 6.92. The lowest BCUT2D eigenvalue weighted by Crippen LogP contribution is -2.49. The molecule has 1 aromatic heterocycles. The third kappa shape index (κ3) is 5.33. The maximum absolute atomic E-state index is 13.7. The number of benzene rings is 2. The second kappa shape index (κ2) is 11.7. The molecule has 0 radical (unpaired) electrons. The van der Waals surface area contributed by atoms with E-state index >= 15 is 0 Å². The standard InChI is InChI=1S/C30H39N5O4/c1-4-9-34-22(3)21(2)25-18-24(29(37)33-12-10-32(11-13-33)14-16-36)19-26(28(25)34)31-20-23-7-5-6-8-27(23)35-15-17-39-30(35)38/h5-8,18-19,31,36H,4,9-17,20H2,1-3H3. The van der Waals surface area contributed by atoms with Crippen LogP contribution in [0.25, 0.3) is 10.9 Å². The molecule has 3 heterocycles. The van der Waals surface area contributed by atoms with Crippen LogP contribution in [0.15, 0.2) is 36.4 Å². The Morgan fingerprint density at radius 3 is 2.51 bits per heavy atom. The molecule has 2 N–H and O–H groups in total. The Morgan fingerprint density at radius 1 is 1.05 bits per heavy atom. The zero-order valence-electron chi connectivity index (χ0n) is 23.2. The molecule has 2 amide bonds. The molecule has 9 nitrogen and oxygen atoms in total. The molecule has 0 aliphatic carbocycles. The summed E-state index contributed by atoms with van der Waals surface area (Å²) in [6.45, 7) is 12.4. The number of amides is 2. The molecule has 2 aliphatic heterocycles. The number of nitrogens with zero attached hydrogens (tertiary/aromatic N) is 4. The van der Waals surface area contributed by atoms with Crippen LogP contribution >= 0.6 is 0 Å². The van der Waals surface area contributed by atoms with Crippen molar-refractivity contribution in [1.29, 1.82) is 0 Å². The Labute approximate surface area is 229 Å². The molecule has 2 aromatic carbocycles. The normalized spacial score (nSPS) is 16.3. The van der Waals surface area contributed by atoms with Crippen LogP contribution < -0.4 is 10.2 Å². The first kappa shape index (κ1) is 27.0. The van der Waals surface area contributed by atoms with Crippen molar-refractivity contribution in [2.75, 3.05) is 62.7 Å². The number of carbonyl (C=O) groups excluding carboxylic acids is 2. The van der Waals surface area contributed by atoms with E-state index in [0.29, 0.717) is 44.9 Å². The van der Waals surface area contributed by atoms with Gasteiger partial charge < -0.3 is 24.6 Å². The molecule has 3 aromatic rings. The Morgan fingerprint density at radius 2 is 1.82 bits per heavy atom. The number of anilines is 2. The van der Waals surface area contributed by atoms with Gasteiger partial charge in [-0.2, -0.15) is 0 Å². The van der Waals surface area contributed by atoms with Crippen LogP contribution in [0, 0.1) is 13.8 Å². The van der Waals surface area contributed by atoms with Crippen molar-refractivity contribution in [2.24, 2.45) is 0 Å². The zero-order chi connectivity index (χ0) is 27.5. The summed E-state index contributed by atoms with van der Waals surface area (Å²) in [6.07, 6.45) is 0.682. The molecule has 39 heavy (non-hydrogen) atoms. The summed E-state index contributed by atoms with van der Waals surface area (Å²) in [5, 5.41) is 14.0. The number of aromatic nitrogens is 1. The number of aliphatic hydroxyl groups is 1. The topological polar surface area (TPSA) is 90.3 Å². The van der Waals surface area contributed by atoms with Gasteiger partial charge in [-0.1, -0.05) is 25.1 Å². The second-order valence-corrected chi connectivity index (χ2v) is 10.4. The third-order valence-corrected chi connectivity index (χ3v) is 8.01. The Bertz CT molecular complexity index is 1360. The summed E-state index contributed by atoms with van der Waals surface area (Å²) in [4.78, 5) is 31.8. The highest BCUT2D eigenvalue weighted by Crippen LogP contribution is 2.34. The lowest BCUT2D eigenvalue weighted by atomic mass is 10.0. The fourth-order valence-electron chi connectivity index (χ4n) is 5.76. The number of β-amino-alcohol motifs (C(OH)–C–C–N with tert-alkyl or cyclic N) is 1. The summed E-state index contributed by atoms with van der Waals surface area (Å²) in [6, 6.07) is 11.9. The summed E-state index contributed by atoms with van der Waals surface area (Å²) in [5.74, 6) is 0.0316. The van der Waals surface area contributed by atoms with E-state index in [1.54, 1.807) is 4.90 Å². The Kier molecular flexibility index (Phi) is 8.09. The number of fused-ring (bicyclic) bond motifs is 1. The largest absolute Gasteiger partial charge is 0.447 e. The quantitative estimate of drug-likeness (QED) is 0.432. The molecule has 0 unspecified atom stereocenters. The van der Waals surface area contributed by atoms with Gasteiger partial charge in [-0.15, -0.1) is 0 Å². The molecular weight excluding hydrogens is 494 g/mol. The van der Waals surface area contributed by atoms with E-state index in [-0.39, 0.29) is 18.6 Å². The van der Waals surface area contributed by atoms with Crippen LogP contribution in [0.3, 0.4) is 0 Å². The number of hydrogen-bond donors (Lipinski definition) is 2. The minimum atomic E-state index is -0.320. The van der Waals surface area contributed by atoms with Crippen molar-refractivity contribution in [3.63, 3.8) is 0 Å². The molecular formula is C30H39N5O4. The highest BCUT2D eigenvalue weighted by molar-refractivity contribution is 6.04. The van der Waals surface area contributed by atoms with Gasteiger partial charge in [0.25, 0.3) is 5.91 Å². The van der Waals surface area contributed by atoms with E-state index in [1.807, 2.05) is 41.3 Å². The molecule has 5 rings (SSSR count). The van der Waals surface area contributed by atoms with Crippen LogP contribution in [0.5, 0.6) is 0 Å². The lowest BCUT2D eigenvalue weighted by molar-refractivity contribution is 0.0615. The molecule has 9 heteroatoms. The number of ether oxygens (including phenoxy) is 1. The molecule has 2 saturated heterocycles. The summed E-state index contributed by atoms with van der Waals surface area (Å²) >= 11 is 0. The van der Waals surface area contributed by atoms with Crippen LogP contribution in [0.1, 0.15) is 40.5 Å². The van der Waals surface area contributed by atoms with E-state index in [2.05, 4.69) is 35.6 Å². The van der Waals surface area contributed by atoms with Crippen molar-refractivity contribution in [3.05, 3.63) is 58.8 Å². The minimum Gasteiger partial charge on any atom is -0.447 e. The maximum atomic E-state index is 13.7. The fourth-order valence-corrected chi connectivity index (χ4v) is 5.76. The first-order chi connectivity index (χ1) is 18.9. The molecule has 208 valence electrons. The van der Waals surface area contributed by atoms with Gasteiger partial charge in [-0.05, 0) is 49.6 Å². The Hall–Kier alpha value is -3.56.